The van der Waals surface area contributed by atoms with Gasteiger partial charge in [0.1, 0.15) is 0 Å². The Bertz CT molecular complexity index is 781. The number of ether oxygens (including phenoxy) is 1. The molecule has 0 aromatic rings. The van der Waals surface area contributed by atoms with E-state index in [-0.39, 0.29) is 47.5 Å². The predicted molar refractivity (Wildman–Crippen MR) is 127 cm³/mol. The fraction of sp³-hybridized carbons (Fsp3) is 0.900. The topological polar surface area (TPSA) is 200 Å². The monoisotopic (exact) mass is 554 g/mol. The molecule has 0 bridgehead atoms. The van der Waals surface area contributed by atoms with Crippen LogP contribution in [-0.4, -0.2) is 91.1 Å². The van der Waals surface area contributed by atoms with Crippen molar-refractivity contribution >= 4 is 35.5 Å². The van der Waals surface area contributed by atoms with Crippen LogP contribution < -0.4 is 21.3 Å². The molecule has 1 unspecified atom stereocenters. The van der Waals surface area contributed by atoms with Gasteiger partial charge in [0.15, 0.2) is 0 Å². The van der Waals surface area contributed by atoms with E-state index >= 15 is 0 Å². The van der Waals surface area contributed by atoms with Gasteiger partial charge in [0.05, 0.1) is 0 Å². The third-order valence-corrected chi connectivity index (χ3v) is 10.0. The molecule has 0 amide bonds. The minimum absolute atomic E-state index is 0.0519. The van der Waals surface area contributed by atoms with E-state index in [4.69, 9.17) is 20.4 Å². The third-order valence-electron chi connectivity index (χ3n) is 7.00. The molecule has 4 saturated heterocycles. The zero-order chi connectivity index (χ0) is 25.8. The third kappa shape index (κ3) is 6.44. The molecule has 4 rings (SSSR count). The number of unbranched alkanes of at least 4 members (excludes halogenated alkanes) is 2. The highest BCUT2D eigenvalue weighted by atomic mass is 32.2. The molecule has 0 aromatic carbocycles. The summed E-state index contributed by atoms with van der Waals surface area (Å²) in [5, 5.41) is 48.6. The first-order chi connectivity index (χ1) is 17.3. The van der Waals surface area contributed by atoms with Crippen molar-refractivity contribution in [3.63, 3.8) is 0 Å². The van der Waals surface area contributed by atoms with Crippen molar-refractivity contribution in [3.8, 4) is 0 Å². The molecule has 0 spiro atoms. The van der Waals surface area contributed by atoms with E-state index in [2.05, 4.69) is 35.9 Å². The van der Waals surface area contributed by atoms with Crippen molar-refractivity contribution in [1.29, 1.82) is 0 Å². The summed E-state index contributed by atoms with van der Waals surface area (Å²) in [5.74, 6) is 0.167. The SMILES string of the molecule is O=C(O)CCCC[C@@H]1SC[C@@H]2NC(OO)(OC(=O)CCCC[C@@H]3SC[C@@H]4NC(OO)(OO)N[C@@H]43)N[C@@H]21. The number of nitrogens with one attached hydrogen (secondary N) is 4. The summed E-state index contributed by atoms with van der Waals surface area (Å²) < 4.78 is 5.45. The summed E-state index contributed by atoms with van der Waals surface area (Å²) in [6.07, 6.45) is 4.54. The second kappa shape index (κ2) is 12.4. The van der Waals surface area contributed by atoms with Gasteiger partial charge >= 0.3 is 24.0 Å². The van der Waals surface area contributed by atoms with Crippen LogP contribution in [0.25, 0.3) is 0 Å². The van der Waals surface area contributed by atoms with E-state index in [9.17, 15) is 14.8 Å². The van der Waals surface area contributed by atoms with Crippen molar-refractivity contribution in [3.05, 3.63) is 0 Å². The summed E-state index contributed by atoms with van der Waals surface area (Å²) in [4.78, 5) is 36.2. The molecule has 7 atom stereocenters. The number of hydrogen-bond acceptors (Lipinski definition) is 15. The summed E-state index contributed by atoms with van der Waals surface area (Å²) in [7, 11) is 0. The van der Waals surface area contributed by atoms with Crippen LogP contribution in [0.2, 0.25) is 0 Å². The average Bonchev–Trinajstić information content (AvgIpc) is 3.60. The molecule has 0 aliphatic carbocycles. The standard InChI is InChI=1S/C20H34N4O10S2/c25-15(26)7-3-1-5-13-17-11(9-35-13)21-19(23-17,32-28)31-16(27)8-4-2-6-14-18-12(10-36-14)22-20(24-18,33-29)34-30/h11-14,17-18,21-24,28-30H,1-10H2,(H,25,26)/t11-,12-,13-,14-,17-,18-,19?/m0/s1. The predicted octanol–water partition coefficient (Wildman–Crippen LogP) is 0.517. The van der Waals surface area contributed by atoms with Crippen molar-refractivity contribution in [1.82, 2.24) is 21.3 Å². The Hall–Kier alpha value is -0.760. The van der Waals surface area contributed by atoms with Gasteiger partial charge < -0.3 is 9.84 Å². The van der Waals surface area contributed by atoms with Gasteiger partial charge in [-0.3, -0.25) is 9.59 Å². The zero-order valence-corrected chi connectivity index (χ0v) is 21.2. The van der Waals surface area contributed by atoms with Gasteiger partial charge in [-0.2, -0.15) is 38.2 Å². The largest absolute Gasteiger partial charge is 0.481 e. The molecule has 0 aromatic heterocycles. The maximum Gasteiger partial charge on any atom is 0.366 e. The van der Waals surface area contributed by atoms with Gasteiger partial charge in [0.25, 0.3) is 0 Å². The summed E-state index contributed by atoms with van der Waals surface area (Å²) in [6, 6.07) is -3.90. The maximum absolute atomic E-state index is 12.5. The Morgan fingerprint density at radius 3 is 1.78 bits per heavy atom. The van der Waals surface area contributed by atoms with Gasteiger partial charge in [-0.25, -0.2) is 37.0 Å². The highest BCUT2D eigenvalue weighted by Gasteiger charge is 2.55. The van der Waals surface area contributed by atoms with Crippen LogP contribution in [0, 0.1) is 0 Å². The molecule has 206 valence electrons. The number of carboxylic acids is 1. The number of carboxylic acid groups (broad SMARTS) is 1. The van der Waals surface area contributed by atoms with E-state index in [0.717, 1.165) is 37.2 Å². The molecule has 4 aliphatic rings. The van der Waals surface area contributed by atoms with Crippen LogP contribution >= 0.6 is 23.5 Å². The lowest BCUT2D eigenvalue weighted by Crippen LogP contribution is -2.57. The first-order valence-corrected chi connectivity index (χ1v) is 14.2. The smallest absolute Gasteiger partial charge is 0.366 e. The number of rotatable bonds is 14. The van der Waals surface area contributed by atoms with Gasteiger partial charge in [0, 0.05) is 59.0 Å². The van der Waals surface area contributed by atoms with Gasteiger partial charge in [-0.1, -0.05) is 12.8 Å². The first-order valence-electron chi connectivity index (χ1n) is 12.1. The second-order valence-corrected chi connectivity index (χ2v) is 12.0. The number of aliphatic carboxylic acids is 1. The number of fused-ring (bicyclic) bond motifs is 2. The maximum atomic E-state index is 12.5. The van der Waals surface area contributed by atoms with E-state index in [1.807, 2.05) is 0 Å². The molecule has 14 nitrogen and oxygen atoms in total. The van der Waals surface area contributed by atoms with Crippen molar-refractivity contribution in [2.75, 3.05) is 11.5 Å². The Morgan fingerprint density at radius 2 is 1.25 bits per heavy atom. The molecule has 4 heterocycles. The van der Waals surface area contributed by atoms with Crippen molar-refractivity contribution in [2.24, 2.45) is 0 Å². The minimum Gasteiger partial charge on any atom is -0.481 e. The Balaban J connectivity index is 1.17. The van der Waals surface area contributed by atoms with E-state index in [1.165, 1.54) is 0 Å². The Kier molecular flexibility index (Phi) is 9.73. The van der Waals surface area contributed by atoms with Crippen LogP contribution in [0.5, 0.6) is 0 Å². The van der Waals surface area contributed by atoms with E-state index in [1.54, 1.807) is 23.5 Å². The van der Waals surface area contributed by atoms with Crippen LogP contribution in [-0.2, 0) is 29.0 Å². The number of hydrogen-bond donors (Lipinski definition) is 8. The van der Waals surface area contributed by atoms with Crippen LogP contribution in [0.1, 0.15) is 51.4 Å². The average molecular weight is 555 g/mol. The zero-order valence-electron chi connectivity index (χ0n) is 19.6. The number of carbonyl (C=O) groups excluding carboxylic acids is 1. The van der Waals surface area contributed by atoms with Gasteiger partial charge in [-0.15, -0.1) is 0 Å². The molecular formula is C20H34N4O10S2. The fourth-order valence-electron chi connectivity index (χ4n) is 5.27. The lowest BCUT2D eigenvalue weighted by Gasteiger charge is -2.27. The van der Waals surface area contributed by atoms with Crippen LogP contribution in [0.15, 0.2) is 0 Å². The minimum atomic E-state index is -1.83. The first kappa shape index (κ1) is 28.3. The van der Waals surface area contributed by atoms with Gasteiger partial charge in [-0.05, 0) is 25.7 Å². The number of esters is 1. The molecule has 4 fully saturated rings. The number of carbonyl (C=O) groups is 2. The molecule has 0 radical (unpaired) electrons. The molecule has 4 aliphatic heterocycles. The summed E-state index contributed by atoms with van der Waals surface area (Å²) in [6.45, 7) is 0. The molecule has 16 heteroatoms. The summed E-state index contributed by atoms with van der Waals surface area (Å²) >= 11 is 3.50. The van der Waals surface area contributed by atoms with E-state index in [0.29, 0.717) is 12.8 Å². The highest BCUT2D eigenvalue weighted by molar-refractivity contribution is 8.00. The summed E-state index contributed by atoms with van der Waals surface area (Å²) in [5.41, 5.74) is 0. The lowest BCUT2D eigenvalue weighted by atomic mass is 10.0. The van der Waals surface area contributed by atoms with Crippen molar-refractivity contribution in [2.45, 2.75) is 98.1 Å². The molecule has 36 heavy (non-hydrogen) atoms. The van der Waals surface area contributed by atoms with E-state index < -0.39 is 24.0 Å². The van der Waals surface area contributed by atoms with Crippen molar-refractivity contribution < 1.29 is 49.9 Å². The lowest BCUT2D eigenvalue weighted by molar-refractivity contribution is -0.500. The highest BCUT2D eigenvalue weighted by Crippen LogP contribution is 2.38. The molecule has 0 saturated carbocycles. The second-order valence-electron chi connectivity index (χ2n) is 9.45. The number of thioether (sulfide) groups is 2. The van der Waals surface area contributed by atoms with Gasteiger partial charge in [0.2, 0.25) is 0 Å². The van der Waals surface area contributed by atoms with Crippen LogP contribution in [0.3, 0.4) is 0 Å². The Morgan fingerprint density at radius 1 is 0.750 bits per heavy atom. The molecule has 8 N–H and O–H groups in total. The Labute approximate surface area is 216 Å². The quantitative estimate of drug-likeness (QED) is 0.0485. The fourth-order valence-corrected chi connectivity index (χ4v) is 8.36. The van der Waals surface area contributed by atoms with Crippen LogP contribution in [0.4, 0.5) is 0 Å². The normalized spacial score (nSPS) is 36.6. The molecular weight excluding hydrogens is 520 g/mol.